The average Bonchev–Trinajstić information content (AvgIpc) is 2.22. The van der Waals surface area contributed by atoms with Gasteiger partial charge in [0.2, 0.25) is 0 Å². The smallest absolute Gasteiger partial charge is 0.407 e. The number of carbonyl (C=O) groups is 1. The third-order valence-electron chi connectivity index (χ3n) is 2.27. The Hall–Kier alpha value is -0.560. The number of alkyl carbamates (subject to hydrolysis) is 1. The molecule has 1 atom stereocenters. The third-order valence-corrected chi connectivity index (χ3v) is 2.94. The summed E-state index contributed by atoms with van der Waals surface area (Å²) in [7, 11) is 0. The highest BCUT2D eigenvalue weighted by Gasteiger charge is 2.23. The van der Waals surface area contributed by atoms with Crippen LogP contribution in [-0.2, 0) is 4.74 Å². The molecule has 0 bridgehead atoms. The van der Waals surface area contributed by atoms with Crippen LogP contribution in [-0.4, -0.2) is 12.7 Å². The normalized spacial score (nSPS) is 19.4. The zero-order valence-electron chi connectivity index (χ0n) is 8.20. The van der Waals surface area contributed by atoms with Crippen molar-refractivity contribution in [2.75, 3.05) is 6.61 Å². The van der Waals surface area contributed by atoms with E-state index in [2.05, 4.69) is 27.9 Å². The number of ether oxygens (including phenoxy) is 1. The fraction of sp³-hybridized carbons (Fsp3) is 0.300. The molecule has 88 valence electrons. The van der Waals surface area contributed by atoms with E-state index in [0.717, 1.165) is 3.57 Å². The van der Waals surface area contributed by atoms with Gasteiger partial charge in [-0.05, 0) is 40.8 Å². The molecule has 2 rings (SSSR count). The van der Waals surface area contributed by atoms with E-state index in [-0.39, 0.29) is 24.3 Å². The van der Waals surface area contributed by atoms with Gasteiger partial charge in [-0.15, -0.1) is 12.4 Å². The molecule has 1 fully saturated rings. The van der Waals surface area contributed by atoms with E-state index < -0.39 is 6.09 Å². The molecule has 0 aliphatic carbocycles. The molecule has 16 heavy (non-hydrogen) atoms. The molecule has 0 saturated carbocycles. The molecule has 1 heterocycles. The Labute approximate surface area is 112 Å². The van der Waals surface area contributed by atoms with Crippen molar-refractivity contribution < 1.29 is 13.9 Å². The van der Waals surface area contributed by atoms with Crippen molar-refractivity contribution in [2.24, 2.45) is 0 Å². The van der Waals surface area contributed by atoms with E-state index in [1.165, 1.54) is 6.07 Å². The fourth-order valence-corrected chi connectivity index (χ4v) is 2.06. The number of rotatable bonds is 1. The first-order chi connectivity index (χ1) is 7.16. The topological polar surface area (TPSA) is 38.3 Å². The van der Waals surface area contributed by atoms with E-state index in [4.69, 9.17) is 4.74 Å². The monoisotopic (exact) mass is 357 g/mol. The lowest BCUT2D eigenvalue weighted by molar-refractivity contribution is 0.115. The summed E-state index contributed by atoms with van der Waals surface area (Å²) in [5.74, 6) is -0.289. The Morgan fingerprint density at radius 2 is 2.25 bits per heavy atom. The number of nitrogens with one attached hydrogen (secondary N) is 1. The van der Waals surface area contributed by atoms with Gasteiger partial charge in [0.1, 0.15) is 5.82 Å². The summed E-state index contributed by atoms with van der Waals surface area (Å²) in [6.07, 6.45) is 0.118. The van der Waals surface area contributed by atoms with Crippen molar-refractivity contribution in [1.29, 1.82) is 0 Å². The third kappa shape index (κ3) is 2.98. The highest BCUT2D eigenvalue weighted by atomic mass is 127. The second-order valence-corrected chi connectivity index (χ2v) is 4.53. The second-order valence-electron chi connectivity index (χ2n) is 3.29. The predicted octanol–water partition coefficient (Wildman–Crippen LogP) is 3.02. The molecule has 0 radical (unpaired) electrons. The Kier molecular flexibility index (Phi) is 4.79. The predicted molar refractivity (Wildman–Crippen MR) is 68.2 cm³/mol. The molecule has 1 saturated heterocycles. The molecular weight excluding hydrogens is 347 g/mol. The molecule has 1 aromatic carbocycles. The standard InChI is InChI=1S/C10H9FINO2.ClH/c11-8-2-1-6(12)5-7(8)9-3-4-15-10(14)13-9;/h1-2,5,9H,3-4H2,(H,13,14);1H/t9-;/m0./s1. The molecule has 1 aliphatic rings. The van der Waals surface area contributed by atoms with Gasteiger partial charge in [0, 0.05) is 15.6 Å². The Balaban J connectivity index is 0.00000128. The number of amides is 1. The van der Waals surface area contributed by atoms with Crippen LogP contribution >= 0.6 is 35.0 Å². The molecule has 1 amide bonds. The lowest BCUT2D eigenvalue weighted by atomic mass is 10.0. The highest BCUT2D eigenvalue weighted by Crippen LogP contribution is 2.24. The first-order valence-corrected chi connectivity index (χ1v) is 5.63. The Morgan fingerprint density at radius 1 is 1.50 bits per heavy atom. The van der Waals surface area contributed by atoms with Crippen LogP contribution in [0.2, 0.25) is 0 Å². The van der Waals surface area contributed by atoms with Crippen LogP contribution in [0.25, 0.3) is 0 Å². The molecule has 0 unspecified atom stereocenters. The first kappa shape index (κ1) is 13.5. The zero-order valence-corrected chi connectivity index (χ0v) is 11.2. The SMILES string of the molecule is Cl.O=C1N[C@H](c2cc(I)ccc2F)CCO1. The van der Waals surface area contributed by atoms with Crippen molar-refractivity contribution in [3.63, 3.8) is 0 Å². The van der Waals surface area contributed by atoms with Crippen molar-refractivity contribution in [1.82, 2.24) is 5.32 Å². The number of hydrogen-bond acceptors (Lipinski definition) is 2. The number of cyclic esters (lactones) is 1. The van der Waals surface area contributed by atoms with E-state index in [9.17, 15) is 9.18 Å². The maximum Gasteiger partial charge on any atom is 0.407 e. The second kappa shape index (κ2) is 5.67. The molecule has 1 N–H and O–H groups in total. The van der Waals surface area contributed by atoms with Gasteiger partial charge in [-0.2, -0.15) is 0 Å². The van der Waals surface area contributed by atoms with Crippen LogP contribution in [0.1, 0.15) is 18.0 Å². The zero-order chi connectivity index (χ0) is 10.8. The maximum atomic E-state index is 13.5. The molecule has 3 nitrogen and oxygen atoms in total. The largest absolute Gasteiger partial charge is 0.449 e. The summed E-state index contributed by atoms with van der Waals surface area (Å²) in [4.78, 5) is 11.0. The van der Waals surface area contributed by atoms with E-state index >= 15 is 0 Å². The molecule has 0 spiro atoms. The molecule has 0 aromatic heterocycles. The number of carbonyl (C=O) groups excluding carboxylic acids is 1. The van der Waals surface area contributed by atoms with Gasteiger partial charge in [-0.3, -0.25) is 0 Å². The van der Waals surface area contributed by atoms with E-state index in [1.807, 2.05) is 0 Å². The van der Waals surface area contributed by atoms with Crippen LogP contribution < -0.4 is 5.32 Å². The molecular formula is C10H10ClFINO2. The van der Waals surface area contributed by atoms with Crippen molar-refractivity contribution >= 4 is 41.1 Å². The van der Waals surface area contributed by atoms with Crippen LogP contribution in [0.4, 0.5) is 9.18 Å². The van der Waals surface area contributed by atoms with Gasteiger partial charge < -0.3 is 10.1 Å². The lowest BCUT2D eigenvalue weighted by Gasteiger charge is -2.24. The maximum absolute atomic E-state index is 13.5. The first-order valence-electron chi connectivity index (χ1n) is 4.55. The minimum Gasteiger partial charge on any atom is -0.449 e. The number of hydrogen-bond donors (Lipinski definition) is 1. The van der Waals surface area contributed by atoms with Gasteiger partial charge in [0.25, 0.3) is 0 Å². The fourth-order valence-electron chi connectivity index (χ4n) is 1.54. The summed E-state index contributed by atoms with van der Waals surface area (Å²) in [5, 5.41) is 2.60. The van der Waals surface area contributed by atoms with Gasteiger partial charge in [-0.1, -0.05) is 0 Å². The summed E-state index contributed by atoms with van der Waals surface area (Å²) in [5.41, 5.74) is 0.526. The summed E-state index contributed by atoms with van der Waals surface area (Å²) >= 11 is 2.11. The lowest BCUT2D eigenvalue weighted by Crippen LogP contribution is -2.35. The number of halogens is 3. The van der Waals surface area contributed by atoms with Crippen LogP contribution in [0.3, 0.4) is 0 Å². The Bertz CT molecular complexity index is 402. The van der Waals surface area contributed by atoms with Crippen molar-refractivity contribution in [3.05, 3.63) is 33.1 Å². The van der Waals surface area contributed by atoms with Gasteiger partial charge in [0.05, 0.1) is 12.6 Å². The minimum atomic E-state index is -0.482. The van der Waals surface area contributed by atoms with Crippen LogP contribution in [0.5, 0.6) is 0 Å². The van der Waals surface area contributed by atoms with Gasteiger partial charge >= 0.3 is 6.09 Å². The quantitative estimate of drug-likeness (QED) is 0.785. The van der Waals surface area contributed by atoms with Crippen LogP contribution in [0, 0.1) is 9.39 Å². The van der Waals surface area contributed by atoms with E-state index in [1.54, 1.807) is 12.1 Å². The minimum absolute atomic E-state index is 0. The van der Waals surface area contributed by atoms with Gasteiger partial charge in [0.15, 0.2) is 0 Å². The summed E-state index contributed by atoms with van der Waals surface area (Å²) < 4.78 is 19.2. The number of benzene rings is 1. The molecule has 6 heteroatoms. The van der Waals surface area contributed by atoms with Crippen LogP contribution in [0.15, 0.2) is 18.2 Å². The van der Waals surface area contributed by atoms with Gasteiger partial charge in [-0.25, -0.2) is 9.18 Å². The van der Waals surface area contributed by atoms with Crippen molar-refractivity contribution in [2.45, 2.75) is 12.5 Å². The average molecular weight is 358 g/mol. The molecule has 1 aliphatic heterocycles. The highest BCUT2D eigenvalue weighted by molar-refractivity contribution is 14.1. The Morgan fingerprint density at radius 3 is 2.94 bits per heavy atom. The summed E-state index contributed by atoms with van der Waals surface area (Å²) in [6, 6.07) is 4.58. The van der Waals surface area contributed by atoms with E-state index in [0.29, 0.717) is 18.6 Å². The molecule has 1 aromatic rings. The van der Waals surface area contributed by atoms with Crippen molar-refractivity contribution in [3.8, 4) is 0 Å². The summed E-state index contributed by atoms with van der Waals surface area (Å²) in [6.45, 7) is 0.335.